The summed E-state index contributed by atoms with van der Waals surface area (Å²) >= 11 is 0. The molecular formula is C11H13NO3. The van der Waals surface area contributed by atoms with Crippen molar-refractivity contribution in [2.45, 2.75) is 19.9 Å². The van der Waals surface area contributed by atoms with Crippen molar-refractivity contribution in [1.82, 2.24) is 5.32 Å². The van der Waals surface area contributed by atoms with E-state index in [4.69, 9.17) is 5.11 Å². The maximum absolute atomic E-state index is 10.9. The van der Waals surface area contributed by atoms with Crippen LogP contribution in [0.2, 0.25) is 0 Å². The number of rotatable bonds is 3. The summed E-state index contributed by atoms with van der Waals surface area (Å²) < 4.78 is 0. The van der Waals surface area contributed by atoms with Gasteiger partial charge in [0.05, 0.1) is 0 Å². The molecule has 1 atom stereocenters. The van der Waals surface area contributed by atoms with Crippen molar-refractivity contribution in [3.8, 4) is 0 Å². The first-order chi connectivity index (χ1) is 7.00. The molecule has 0 aliphatic carbocycles. The summed E-state index contributed by atoms with van der Waals surface area (Å²) in [5, 5.41) is 11.3. The Balaban J connectivity index is 2.94. The number of hydrogen-bond donors (Lipinski definition) is 2. The molecule has 4 heteroatoms. The number of aliphatic carboxylic acids is 1. The molecule has 0 bridgehead atoms. The molecule has 0 heterocycles. The molecule has 1 amide bonds. The molecule has 0 unspecified atom stereocenters. The highest BCUT2D eigenvalue weighted by Gasteiger charge is 2.19. The number of carbonyl (C=O) groups excluding carboxylic acids is 1. The van der Waals surface area contributed by atoms with E-state index < -0.39 is 12.0 Å². The summed E-state index contributed by atoms with van der Waals surface area (Å²) in [5.74, 6) is -1.42. The molecule has 1 aromatic carbocycles. The van der Waals surface area contributed by atoms with E-state index in [2.05, 4.69) is 5.32 Å². The Hall–Kier alpha value is -1.84. The molecule has 80 valence electrons. The fraction of sp³-hybridized carbons (Fsp3) is 0.273. The first kappa shape index (κ1) is 11.2. The molecule has 0 aromatic heterocycles. The minimum atomic E-state index is -1.06. The van der Waals surface area contributed by atoms with Gasteiger partial charge in [-0.1, -0.05) is 29.8 Å². The SMILES string of the molecule is CC(=O)N[C@@H](C(=O)O)c1ccc(C)cc1. The van der Waals surface area contributed by atoms with Crippen LogP contribution in [0.3, 0.4) is 0 Å². The van der Waals surface area contributed by atoms with Gasteiger partial charge in [-0.05, 0) is 12.5 Å². The molecule has 0 saturated heterocycles. The topological polar surface area (TPSA) is 66.4 Å². The molecule has 15 heavy (non-hydrogen) atoms. The lowest BCUT2D eigenvalue weighted by atomic mass is 10.1. The van der Waals surface area contributed by atoms with E-state index in [0.717, 1.165) is 5.56 Å². The van der Waals surface area contributed by atoms with Gasteiger partial charge in [0, 0.05) is 6.92 Å². The zero-order chi connectivity index (χ0) is 11.4. The van der Waals surface area contributed by atoms with Crippen LogP contribution < -0.4 is 5.32 Å². The summed E-state index contributed by atoms with van der Waals surface area (Å²) in [5.41, 5.74) is 1.62. The lowest BCUT2D eigenvalue weighted by Gasteiger charge is -2.13. The van der Waals surface area contributed by atoms with Crippen LogP contribution in [0, 0.1) is 6.92 Å². The van der Waals surface area contributed by atoms with Crippen molar-refractivity contribution in [1.29, 1.82) is 0 Å². The van der Waals surface area contributed by atoms with Crippen molar-refractivity contribution < 1.29 is 14.7 Å². The minimum Gasteiger partial charge on any atom is -0.479 e. The van der Waals surface area contributed by atoms with E-state index in [-0.39, 0.29) is 5.91 Å². The van der Waals surface area contributed by atoms with Crippen LogP contribution in [-0.4, -0.2) is 17.0 Å². The molecule has 2 N–H and O–H groups in total. The lowest BCUT2D eigenvalue weighted by molar-refractivity contribution is -0.141. The van der Waals surface area contributed by atoms with Gasteiger partial charge >= 0.3 is 5.97 Å². The highest BCUT2D eigenvalue weighted by molar-refractivity contribution is 5.83. The van der Waals surface area contributed by atoms with Gasteiger partial charge in [-0.2, -0.15) is 0 Å². The minimum absolute atomic E-state index is 0.358. The number of aryl methyl sites for hydroxylation is 1. The van der Waals surface area contributed by atoms with Crippen LogP contribution in [0.15, 0.2) is 24.3 Å². The van der Waals surface area contributed by atoms with Crippen molar-refractivity contribution in [2.75, 3.05) is 0 Å². The second-order valence-electron chi connectivity index (χ2n) is 3.38. The number of hydrogen-bond acceptors (Lipinski definition) is 2. The highest BCUT2D eigenvalue weighted by atomic mass is 16.4. The number of carbonyl (C=O) groups is 2. The fourth-order valence-electron chi connectivity index (χ4n) is 1.25. The second-order valence-corrected chi connectivity index (χ2v) is 3.38. The van der Waals surface area contributed by atoms with Crippen molar-refractivity contribution in [2.24, 2.45) is 0 Å². The number of carboxylic acids is 1. The molecule has 0 aliphatic rings. The number of benzene rings is 1. The van der Waals surface area contributed by atoms with Gasteiger partial charge in [-0.25, -0.2) is 4.79 Å². The van der Waals surface area contributed by atoms with E-state index in [1.165, 1.54) is 6.92 Å². The van der Waals surface area contributed by atoms with Gasteiger partial charge in [-0.15, -0.1) is 0 Å². The summed E-state index contributed by atoms with van der Waals surface area (Å²) in [6.07, 6.45) is 0. The molecule has 1 rings (SSSR count). The number of amides is 1. The van der Waals surface area contributed by atoms with E-state index in [9.17, 15) is 9.59 Å². The van der Waals surface area contributed by atoms with Crippen LogP contribution >= 0.6 is 0 Å². The maximum Gasteiger partial charge on any atom is 0.330 e. The number of carboxylic acid groups (broad SMARTS) is 1. The Kier molecular flexibility index (Phi) is 3.44. The summed E-state index contributed by atoms with van der Waals surface area (Å²) in [6.45, 7) is 3.21. The smallest absolute Gasteiger partial charge is 0.330 e. The van der Waals surface area contributed by atoms with Crippen molar-refractivity contribution in [3.05, 3.63) is 35.4 Å². The lowest BCUT2D eigenvalue weighted by Crippen LogP contribution is -2.31. The highest BCUT2D eigenvalue weighted by Crippen LogP contribution is 2.13. The van der Waals surface area contributed by atoms with Gasteiger partial charge < -0.3 is 10.4 Å². The maximum atomic E-state index is 10.9. The van der Waals surface area contributed by atoms with Gasteiger partial charge in [0.1, 0.15) is 0 Å². The standard InChI is InChI=1S/C11H13NO3/c1-7-3-5-9(6-4-7)10(11(14)15)12-8(2)13/h3-6,10H,1-2H3,(H,12,13)(H,14,15)/t10-/m1/s1. The molecule has 1 aromatic rings. The third-order valence-electron chi connectivity index (χ3n) is 2.01. The quantitative estimate of drug-likeness (QED) is 0.784. The zero-order valence-corrected chi connectivity index (χ0v) is 8.65. The first-order valence-corrected chi connectivity index (χ1v) is 4.57. The fourth-order valence-corrected chi connectivity index (χ4v) is 1.25. The monoisotopic (exact) mass is 207 g/mol. The Morgan fingerprint density at radius 2 is 1.80 bits per heavy atom. The Bertz CT molecular complexity index is 370. The van der Waals surface area contributed by atoms with Gasteiger partial charge in [-0.3, -0.25) is 4.79 Å². The normalized spacial score (nSPS) is 11.9. The largest absolute Gasteiger partial charge is 0.479 e. The average molecular weight is 207 g/mol. The molecule has 4 nitrogen and oxygen atoms in total. The summed E-state index contributed by atoms with van der Waals surface area (Å²) in [6, 6.07) is 6.05. The third kappa shape index (κ3) is 3.09. The summed E-state index contributed by atoms with van der Waals surface area (Å²) in [7, 11) is 0. The van der Waals surface area contributed by atoms with Crippen LogP contribution in [0.25, 0.3) is 0 Å². The van der Waals surface area contributed by atoms with Crippen molar-refractivity contribution >= 4 is 11.9 Å². The Labute approximate surface area is 87.9 Å². The zero-order valence-electron chi connectivity index (χ0n) is 8.65. The predicted molar refractivity (Wildman–Crippen MR) is 55.4 cm³/mol. The Morgan fingerprint density at radius 3 is 2.20 bits per heavy atom. The Morgan fingerprint density at radius 1 is 1.27 bits per heavy atom. The van der Waals surface area contributed by atoms with E-state index >= 15 is 0 Å². The van der Waals surface area contributed by atoms with E-state index in [1.54, 1.807) is 12.1 Å². The van der Waals surface area contributed by atoms with Gasteiger partial charge in [0.2, 0.25) is 5.91 Å². The molecule has 0 saturated carbocycles. The van der Waals surface area contributed by atoms with E-state index in [0.29, 0.717) is 5.56 Å². The molecule has 0 spiro atoms. The first-order valence-electron chi connectivity index (χ1n) is 4.57. The second kappa shape index (κ2) is 4.59. The van der Waals surface area contributed by atoms with Crippen molar-refractivity contribution in [3.63, 3.8) is 0 Å². The molecule has 0 aliphatic heterocycles. The third-order valence-corrected chi connectivity index (χ3v) is 2.01. The number of nitrogens with one attached hydrogen (secondary N) is 1. The van der Waals surface area contributed by atoms with Crippen LogP contribution in [0.1, 0.15) is 24.1 Å². The van der Waals surface area contributed by atoms with E-state index in [1.807, 2.05) is 19.1 Å². The predicted octanol–water partition coefficient (Wildman–Crippen LogP) is 1.26. The molecule has 0 radical (unpaired) electrons. The van der Waals surface area contributed by atoms with Gasteiger partial charge in [0.25, 0.3) is 0 Å². The van der Waals surface area contributed by atoms with Crippen LogP contribution in [0.5, 0.6) is 0 Å². The van der Waals surface area contributed by atoms with Crippen LogP contribution in [-0.2, 0) is 9.59 Å². The average Bonchev–Trinajstić information content (AvgIpc) is 2.15. The molecule has 0 fully saturated rings. The van der Waals surface area contributed by atoms with Gasteiger partial charge in [0.15, 0.2) is 6.04 Å². The summed E-state index contributed by atoms with van der Waals surface area (Å²) in [4.78, 5) is 21.7. The molecular weight excluding hydrogens is 194 g/mol. The van der Waals surface area contributed by atoms with Crippen LogP contribution in [0.4, 0.5) is 0 Å².